The van der Waals surface area contributed by atoms with E-state index in [2.05, 4.69) is 26.7 Å². The highest BCUT2D eigenvalue weighted by molar-refractivity contribution is 4.67. The average molecular weight is 112 g/mol. The maximum Gasteiger partial charge on any atom is -0.0386 e. The molecule has 48 valence electrons. The number of hydrogen-bond donors (Lipinski definition) is 0. The van der Waals surface area contributed by atoms with E-state index in [9.17, 15) is 0 Å². The van der Waals surface area contributed by atoms with E-state index in [1.165, 1.54) is 25.7 Å². The molecule has 0 atom stereocenters. The summed E-state index contributed by atoms with van der Waals surface area (Å²) in [5, 5.41) is 0. The molecule has 0 heteroatoms. The van der Waals surface area contributed by atoms with E-state index < -0.39 is 0 Å². The molecule has 0 aromatic rings. The number of hydrogen-bond acceptors (Lipinski definition) is 0. The van der Waals surface area contributed by atoms with Gasteiger partial charge in [0.2, 0.25) is 0 Å². The molecule has 0 heterocycles. The Bertz CT molecular complexity index is 25.0. The van der Waals surface area contributed by atoms with Crippen molar-refractivity contribution in [1.82, 2.24) is 0 Å². The van der Waals surface area contributed by atoms with E-state index >= 15 is 0 Å². The lowest BCUT2D eigenvalue weighted by Crippen LogP contribution is -1.75. The quantitative estimate of drug-likeness (QED) is 0.479. The zero-order valence-electron chi connectivity index (χ0n) is 5.98. The van der Waals surface area contributed by atoms with E-state index in [1.54, 1.807) is 0 Å². The molecule has 0 nitrogen and oxygen atoms in total. The van der Waals surface area contributed by atoms with Crippen molar-refractivity contribution in [1.29, 1.82) is 0 Å². The van der Waals surface area contributed by atoms with Gasteiger partial charge in [-0.3, -0.25) is 0 Å². The molecule has 0 spiro atoms. The van der Waals surface area contributed by atoms with Gasteiger partial charge in [0.25, 0.3) is 0 Å². The molecule has 0 N–H and O–H groups in total. The monoisotopic (exact) mass is 112 g/mol. The highest BCUT2D eigenvalue weighted by atomic mass is 13.9. The van der Waals surface area contributed by atoms with Gasteiger partial charge in [-0.25, -0.2) is 0 Å². The molecule has 0 aromatic carbocycles. The first kappa shape index (κ1) is 8.00. The van der Waals surface area contributed by atoms with Crippen molar-refractivity contribution in [3.63, 3.8) is 0 Å². The minimum Gasteiger partial charge on any atom is -0.0654 e. The second-order valence-electron chi connectivity index (χ2n) is 2.06. The summed E-state index contributed by atoms with van der Waals surface area (Å²) in [6.07, 6.45) is 9.67. The fraction of sp³-hybridized carbons (Fsp3) is 0.750. The van der Waals surface area contributed by atoms with Crippen LogP contribution in [0.3, 0.4) is 0 Å². The van der Waals surface area contributed by atoms with Crippen molar-refractivity contribution < 1.29 is 0 Å². The molecule has 0 aliphatic rings. The zero-order valence-corrected chi connectivity index (χ0v) is 5.98. The summed E-state index contributed by atoms with van der Waals surface area (Å²) in [5.41, 5.74) is 0. The molecule has 2 radical (unpaired) electrons. The Morgan fingerprint density at radius 1 is 1.12 bits per heavy atom. The predicted octanol–water partition coefficient (Wildman–Crippen LogP) is 3.00. The fourth-order valence-electron chi connectivity index (χ4n) is 0.633. The summed E-state index contributed by atoms with van der Waals surface area (Å²) in [4.78, 5) is 0. The molecule has 0 unspecified atom stereocenters. The molecule has 0 aliphatic heterocycles. The van der Waals surface area contributed by atoms with E-state index in [0.717, 1.165) is 0 Å². The third-order valence-corrected chi connectivity index (χ3v) is 1.15. The summed E-state index contributed by atoms with van der Waals surface area (Å²) >= 11 is 0. The first-order valence-electron chi connectivity index (χ1n) is 3.51. The van der Waals surface area contributed by atoms with E-state index in [-0.39, 0.29) is 0 Å². The Morgan fingerprint density at radius 3 is 2.38 bits per heavy atom. The highest BCUT2D eigenvalue weighted by Gasteiger charge is 1.84. The fourth-order valence-corrected chi connectivity index (χ4v) is 0.633. The third kappa shape index (κ3) is 6.00. The molecule has 0 bridgehead atoms. The zero-order chi connectivity index (χ0) is 6.24. The van der Waals surface area contributed by atoms with Crippen molar-refractivity contribution >= 4 is 0 Å². The van der Waals surface area contributed by atoms with Gasteiger partial charge in [0.15, 0.2) is 0 Å². The maximum absolute atomic E-state index is 2.36. The van der Waals surface area contributed by atoms with Gasteiger partial charge >= 0.3 is 0 Å². The van der Waals surface area contributed by atoms with Gasteiger partial charge in [-0.15, -0.1) is 0 Å². The lowest BCUT2D eigenvalue weighted by Gasteiger charge is -1.93. The van der Waals surface area contributed by atoms with Gasteiger partial charge in [-0.1, -0.05) is 33.1 Å². The Kier molecular flexibility index (Phi) is 7.00. The summed E-state index contributed by atoms with van der Waals surface area (Å²) in [5.74, 6) is 0. The average Bonchev–Trinajstić information content (AvgIpc) is 1.81. The minimum absolute atomic E-state index is 1.25. The molecule has 0 rings (SSSR count). The second-order valence-corrected chi connectivity index (χ2v) is 2.06. The van der Waals surface area contributed by atoms with Crippen LogP contribution >= 0.6 is 0 Å². The third-order valence-electron chi connectivity index (χ3n) is 1.15. The maximum atomic E-state index is 2.36. The van der Waals surface area contributed by atoms with Gasteiger partial charge in [0, 0.05) is 0 Å². The molecular formula is C8H16. The number of unbranched alkanes of at least 4 members (excludes halogenated alkanes) is 5. The first-order chi connectivity index (χ1) is 3.91. The van der Waals surface area contributed by atoms with Crippen LogP contribution in [0.15, 0.2) is 0 Å². The normalized spacial score (nSPS) is 9.75. The number of rotatable bonds is 5. The van der Waals surface area contributed by atoms with Crippen LogP contribution in [0.4, 0.5) is 0 Å². The molecule has 0 aliphatic carbocycles. The van der Waals surface area contributed by atoms with Gasteiger partial charge < -0.3 is 0 Å². The molecular weight excluding hydrogens is 96.1 g/mol. The van der Waals surface area contributed by atoms with Crippen LogP contribution in [0, 0.1) is 12.8 Å². The topological polar surface area (TPSA) is 0 Å². The Balaban J connectivity index is 2.53. The van der Waals surface area contributed by atoms with Crippen molar-refractivity contribution in [2.24, 2.45) is 0 Å². The molecule has 0 aromatic heterocycles. The highest BCUT2D eigenvalue weighted by Crippen LogP contribution is 2.01. The minimum atomic E-state index is 1.25. The van der Waals surface area contributed by atoms with E-state index in [1.807, 2.05) is 0 Å². The van der Waals surface area contributed by atoms with Gasteiger partial charge in [-0.2, -0.15) is 0 Å². The van der Waals surface area contributed by atoms with Crippen molar-refractivity contribution in [3.05, 3.63) is 12.8 Å². The van der Waals surface area contributed by atoms with E-state index in [4.69, 9.17) is 0 Å². The van der Waals surface area contributed by atoms with Gasteiger partial charge in [0.05, 0.1) is 0 Å². The van der Waals surface area contributed by atoms with E-state index in [0.29, 0.717) is 0 Å². The summed E-state index contributed by atoms with van der Waals surface area (Å²) in [7, 11) is 0. The van der Waals surface area contributed by atoms with Crippen molar-refractivity contribution in [2.75, 3.05) is 0 Å². The van der Waals surface area contributed by atoms with Crippen LogP contribution < -0.4 is 0 Å². The van der Waals surface area contributed by atoms with Crippen molar-refractivity contribution in [3.8, 4) is 0 Å². The molecule has 0 fully saturated rings. The second kappa shape index (κ2) is 7.00. The van der Waals surface area contributed by atoms with Crippen LogP contribution in [0.1, 0.15) is 39.5 Å². The lowest BCUT2D eigenvalue weighted by atomic mass is 10.1. The first-order valence-corrected chi connectivity index (χ1v) is 3.51. The van der Waals surface area contributed by atoms with Crippen LogP contribution in [0.25, 0.3) is 0 Å². The summed E-state index contributed by atoms with van der Waals surface area (Å²) in [6, 6.07) is 0. The predicted molar refractivity (Wildman–Crippen MR) is 38.4 cm³/mol. The van der Waals surface area contributed by atoms with Gasteiger partial charge in [-0.05, 0) is 19.3 Å². The molecule has 0 amide bonds. The summed E-state index contributed by atoms with van der Waals surface area (Å²) in [6.45, 7) is 4.33. The van der Waals surface area contributed by atoms with Crippen molar-refractivity contribution in [2.45, 2.75) is 39.5 Å². The molecule has 8 heavy (non-hydrogen) atoms. The summed E-state index contributed by atoms with van der Waals surface area (Å²) < 4.78 is 0. The Hall–Kier alpha value is 0. The standard InChI is InChI=1S/C8H16/c1-3-5-7-8-6-4-2/h3,8H,4-7H2,1-2H3. The SMILES string of the molecule is C[CH]CC[CH]CCC. The Morgan fingerprint density at radius 2 is 1.88 bits per heavy atom. The van der Waals surface area contributed by atoms with Gasteiger partial charge in [0.1, 0.15) is 0 Å². The Labute approximate surface area is 53.3 Å². The van der Waals surface area contributed by atoms with Crippen LogP contribution in [0.2, 0.25) is 0 Å². The van der Waals surface area contributed by atoms with Crippen LogP contribution in [0.5, 0.6) is 0 Å². The van der Waals surface area contributed by atoms with Crippen LogP contribution in [-0.2, 0) is 0 Å². The molecule has 0 saturated carbocycles. The van der Waals surface area contributed by atoms with Crippen LogP contribution in [-0.4, -0.2) is 0 Å². The lowest BCUT2D eigenvalue weighted by molar-refractivity contribution is 0.803. The molecule has 0 saturated heterocycles. The largest absolute Gasteiger partial charge is 0.0654 e. The smallest absolute Gasteiger partial charge is 0.0386 e.